The van der Waals surface area contributed by atoms with E-state index in [1.54, 1.807) is 23.5 Å². The molecule has 0 unspecified atom stereocenters. The highest BCUT2D eigenvalue weighted by Gasteiger charge is 2.23. The Labute approximate surface area is 172 Å². The van der Waals surface area contributed by atoms with Gasteiger partial charge in [0.2, 0.25) is 0 Å². The molecule has 2 amide bonds. The van der Waals surface area contributed by atoms with Gasteiger partial charge < -0.3 is 19.9 Å². The Morgan fingerprint density at radius 3 is 2.76 bits per heavy atom. The van der Waals surface area contributed by atoms with Crippen LogP contribution in [0.3, 0.4) is 0 Å². The minimum absolute atomic E-state index is 0.0945. The second-order valence-electron chi connectivity index (χ2n) is 7.76. The number of hydrogen-bond donors (Lipinski definition) is 1. The van der Waals surface area contributed by atoms with Crippen LogP contribution in [0.25, 0.3) is 0 Å². The Kier molecular flexibility index (Phi) is 6.56. The van der Waals surface area contributed by atoms with Gasteiger partial charge in [0.15, 0.2) is 0 Å². The van der Waals surface area contributed by atoms with E-state index in [-0.39, 0.29) is 12.1 Å². The third-order valence-corrected chi connectivity index (χ3v) is 5.51. The van der Waals surface area contributed by atoms with Crippen LogP contribution in [0.5, 0.6) is 0 Å². The van der Waals surface area contributed by atoms with E-state index in [0.717, 1.165) is 43.9 Å². The first-order valence-corrected chi connectivity index (χ1v) is 10.6. The first-order chi connectivity index (χ1) is 14.3. The average Bonchev–Trinajstić information content (AvgIpc) is 3.28. The summed E-state index contributed by atoms with van der Waals surface area (Å²) in [6, 6.07) is 7.66. The minimum Gasteiger partial charge on any atom is -0.376 e. The van der Waals surface area contributed by atoms with Crippen LogP contribution >= 0.6 is 0 Å². The highest BCUT2D eigenvalue weighted by atomic mass is 16.5. The van der Waals surface area contributed by atoms with Crippen molar-refractivity contribution in [3.63, 3.8) is 0 Å². The van der Waals surface area contributed by atoms with Gasteiger partial charge >= 0.3 is 6.03 Å². The van der Waals surface area contributed by atoms with Crippen LogP contribution in [-0.4, -0.2) is 53.2 Å². The van der Waals surface area contributed by atoms with Crippen molar-refractivity contribution in [2.24, 2.45) is 0 Å². The summed E-state index contributed by atoms with van der Waals surface area (Å²) in [6.07, 6.45) is 11.1. The van der Waals surface area contributed by atoms with E-state index in [9.17, 15) is 4.79 Å². The van der Waals surface area contributed by atoms with Gasteiger partial charge in [-0.25, -0.2) is 9.78 Å². The van der Waals surface area contributed by atoms with Gasteiger partial charge in [0.1, 0.15) is 5.82 Å². The number of nitrogens with one attached hydrogen (secondary N) is 1. The number of ether oxygens (including phenoxy) is 1. The molecule has 1 N–H and O–H groups in total. The van der Waals surface area contributed by atoms with Gasteiger partial charge in [0, 0.05) is 45.2 Å². The van der Waals surface area contributed by atoms with E-state index in [2.05, 4.69) is 20.2 Å². The van der Waals surface area contributed by atoms with E-state index in [0.29, 0.717) is 18.8 Å². The van der Waals surface area contributed by atoms with E-state index in [1.807, 2.05) is 24.3 Å². The Hall–Kier alpha value is -2.67. The molecule has 0 bridgehead atoms. The van der Waals surface area contributed by atoms with Gasteiger partial charge in [-0.1, -0.05) is 6.07 Å². The zero-order valence-corrected chi connectivity index (χ0v) is 16.8. The number of aromatic nitrogens is 2. The summed E-state index contributed by atoms with van der Waals surface area (Å²) in [4.78, 5) is 25.8. The molecule has 7 heteroatoms. The van der Waals surface area contributed by atoms with E-state index in [1.165, 1.54) is 19.3 Å². The van der Waals surface area contributed by atoms with Crippen molar-refractivity contribution in [1.82, 2.24) is 14.9 Å². The predicted molar refractivity (Wildman–Crippen MR) is 113 cm³/mol. The lowest BCUT2D eigenvalue weighted by Gasteiger charge is -2.28. The average molecular weight is 396 g/mol. The maximum Gasteiger partial charge on any atom is 0.322 e. The molecule has 2 aromatic heterocycles. The fourth-order valence-electron chi connectivity index (χ4n) is 3.94. The molecule has 4 heterocycles. The summed E-state index contributed by atoms with van der Waals surface area (Å²) >= 11 is 0. The SMILES string of the molecule is O=C(Nc1ccc(N2CCCCC2)nc1)N(Cc1cccnc1)C[C@@H]1CCCO1. The Morgan fingerprint density at radius 2 is 2.07 bits per heavy atom. The summed E-state index contributed by atoms with van der Waals surface area (Å²) < 4.78 is 5.75. The third kappa shape index (κ3) is 5.44. The van der Waals surface area contributed by atoms with Gasteiger partial charge in [0.05, 0.1) is 18.0 Å². The number of anilines is 2. The van der Waals surface area contributed by atoms with E-state index < -0.39 is 0 Å². The van der Waals surface area contributed by atoms with Crippen LogP contribution in [0, 0.1) is 0 Å². The van der Waals surface area contributed by atoms with Crippen LogP contribution < -0.4 is 10.2 Å². The van der Waals surface area contributed by atoms with Crippen LogP contribution in [0.2, 0.25) is 0 Å². The van der Waals surface area contributed by atoms with Gasteiger partial charge in [-0.2, -0.15) is 0 Å². The van der Waals surface area contributed by atoms with Crippen molar-refractivity contribution in [1.29, 1.82) is 0 Å². The van der Waals surface area contributed by atoms with Crippen molar-refractivity contribution < 1.29 is 9.53 Å². The number of rotatable bonds is 6. The van der Waals surface area contributed by atoms with Crippen LogP contribution in [0.1, 0.15) is 37.7 Å². The van der Waals surface area contributed by atoms with Gasteiger partial charge in [-0.05, 0) is 55.9 Å². The van der Waals surface area contributed by atoms with E-state index in [4.69, 9.17) is 4.74 Å². The largest absolute Gasteiger partial charge is 0.376 e. The van der Waals surface area contributed by atoms with Crippen LogP contribution in [-0.2, 0) is 11.3 Å². The number of urea groups is 1. The number of pyridine rings is 2. The molecule has 7 nitrogen and oxygen atoms in total. The van der Waals surface area contributed by atoms with Crippen LogP contribution in [0.4, 0.5) is 16.3 Å². The molecule has 2 aromatic rings. The molecule has 154 valence electrons. The Morgan fingerprint density at radius 1 is 1.17 bits per heavy atom. The molecular formula is C22H29N5O2. The normalized spacial score (nSPS) is 19.2. The lowest BCUT2D eigenvalue weighted by atomic mass is 10.1. The second kappa shape index (κ2) is 9.69. The fourth-order valence-corrected chi connectivity index (χ4v) is 3.94. The predicted octanol–water partition coefficient (Wildman–Crippen LogP) is 3.68. The van der Waals surface area contributed by atoms with Crippen molar-refractivity contribution in [2.45, 2.75) is 44.8 Å². The first-order valence-electron chi connectivity index (χ1n) is 10.6. The fraction of sp³-hybridized carbons (Fsp3) is 0.500. The zero-order valence-electron chi connectivity index (χ0n) is 16.8. The molecule has 4 rings (SSSR count). The topological polar surface area (TPSA) is 70.6 Å². The molecule has 0 aliphatic carbocycles. The molecule has 1 atom stereocenters. The molecule has 2 aliphatic heterocycles. The van der Waals surface area contributed by atoms with Crippen molar-refractivity contribution in [3.8, 4) is 0 Å². The number of hydrogen-bond acceptors (Lipinski definition) is 5. The number of piperidine rings is 1. The van der Waals surface area contributed by atoms with E-state index >= 15 is 0 Å². The van der Waals surface area contributed by atoms with Crippen LogP contribution in [0.15, 0.2) is 42.9 Å². The number of nitrogens with zero attached hydrogens (tertiary/aromatic N) is 4. The molecule has 0 aromatic carbocycles. The molecule has 29 heavy (non-hydrogen) atoms. The Bertz CT molecular complexity index is 772. The van der Waals surface area contributed by atoms with Gasteiger partial charge in [-0.15, -0.1) is 0 Å². The molecule has 2 saturated heterocycles. The number of carbonyl (C=O) groups excluding carboxylic acids is 1. The zero-order chi connectivity index (χ0) is 19.9. The highest BCUT2D eigenvalue weighted by molar-refractivity contribution is 5.89. The molecule has 0 radical (unpaired) electrons. The van der Waals surface area contributed by atoms with Gasteiger partial charge in [0.25, 0.3) is 0 Å². The lowest BCUT2D eigenvalue weighted by Crippen LogP contribution is -2.39. The maximum atomic E-state index is 13.0. The summed E-state index contributed by atoms with van der Waals surface area (Å²) in [6.45, 7) is 3.95. The quantitative estimate of drug-likeness (QED) is 0.808. The maximum absolute atomic E-state index is 13.0. The third-order valence-electron chi connectivity index (χ3n) is 5.51. The number of amides is 2. The molecule has 0 saturated carbocycles. The van der Waals surface area contributed by atoms with Gasteiger partial charge in [-0.3, -0.25) is 4.98 Å². The first kappa shape index (κ1) is 19.6. The summed E-state index contributed by atoms with van der Waals surface area (Å²) in [7, 11) is 0. The van der Waals surface area contributed by atoms with Crippen molar-refractivity contribution in [3.05, 3.63) is 48.4 Å². The van der Waals surface area contributed by atoms with Crippen molar-refractivity contribution in [2.75, 3.05) is 36.5 Å². The summed E-state index contributed by atoms with van der Waals surface area (Å²) in [5, 5.41) is 3.00. The summed E-state index contributed by atoms with van der Waals surface area (Å²) in [5.74, 6) is 0.981. The number of carbonyl (C=O) groups is 1. The smallest absolute Gasteiger partial charge is 0.322 e. The Balaban J connectivity index is 1.40. The van der Waals surface area contributed by atoms with Crippen molar-refractivity contribution >= 4 is 17.5 Å². The molecule has 2 aliphatic rings. The lowest BCUT2D eigenvalue weighted by molar-refractivity contribution is 0.0819. The highest BCUT2D eigenvalue weighted by Crippen LogP contribution is 2.20. The summed E-state index contributed by atoms with van der Waals surface area (Å²) in [5.41, 5.74) is 1.71. The molecule has 0 spiro atoms. The second-order valence-corrected chi connectivity index (χ2v) is 7.76. The standard InChI is InChI=1S/C22H29N5O2/c28-22(25-19-8-9-21(24-15-19)26-11-2-1-3-12-26)27(17-20-7-5-13-29-20)16-18-6-4-10-23-14-18/h4,6,8-10,14-15,20H,1-3,5,7,11-13,16-17H2,(H,25,28)/t20-/m0/s1. The minimum atomic E-state index is -0.142. The molecule has 2 fully saturated rings. The molecular weight excluding hydrogens is 366 g/mol. The monoisotopic (exact) mass is 395 g/mol.